The molecule has 120 valence electrons. The van der Waals surface area contributed by atoms with Crippen LogP contribution in [0.1, 0.15) is 38.8 Å². The summed E-state index contributed by atoms with van der Waals surface area (Å²) in [4.78, 5) is 2.20. The van der Waals surface area contributed by atoms with Gasteiger partial charge in [0.1, 0.15) is 0 Å². The van der Waals surface area contributed by atoms with Crippen molar-refractivity contribution in [1.29, 1.82) is 5.26 Å². The zero-order valence-electron chi connectivity index (χ0n) is 13.6. The molecule has 1 aliphatic heterocycles. The minimum atomic E-state index is 0. The molecule has 21 heavy (non-hydrogen) atoms. The average molecular weight is 516 g/mol. The van der Waals surface area contributed by atoms with Crippen molar-refractivity contribution in [3.8, 4) is 12.3 Å². The van der Waals surface area contributed by atoms with Crippen LogP contribution < -0.4 is 9.64 Å². The van der Waals surface area contributed by atoms with Crippen LogP contribution in [-0.2, 0) is 0 Å². The van der Waals surface area contributed by atoms with Gasteiger partial charge in [0, 0.05) is 13.1 Å². The molecule has 0 saturated heterocycles. The largest absolute Gasteiger partial charge is 0.439 e. The molecular formula is C16H26I2N2O. The quantitative estimate of drug-likeness (QED) is 0.444. The first-order valence-corrected chi connectivity index (χ1v) is 6.66. The van der Waals surface area contributed by atoms with Gasteiger partial charge in [-0.1, -0.05) is 13.8 Å². The third kappa shape index (κ3) is 6.02. The molecule has 0 unspecified atom stereocenters. The molecule has 0 spiro atoms. The Morgan fingerprint density at radius 2 is 1.62 bits per heavy atom. The van der Waals surface area contributed by atoms with Crippen LogP contribution in [0.25, 0.3) is 0 Å². The van der Waals surface area contributed by atoms with E-state index in [4.69, 9.17) is 10.00 Å². The van der Waals surface area contributed by atoms with E-state index in [1.54, 1.807) is 0 Å². The average Bonchev–Trinajstić information content (AvgIpc) is 2.80. The van der Waals surface area contributed by atoms with Crippen LogP contribution in [0.2, 0.25) is 0 Å². The predicted molar refractivity (Wildman–Crippen MR) is 112 cm³/mol. The predicted octanol–water partition coefficient (Wildman–Crippen LogP) is 5.79. The summed E-state index contributed by atoms with van der Waals surface area (Å²) in [5, 5.41) is 6.50. The number of allylic oxidation sites excluding steroid dienone is 1. The normalized spacial score (nSPS) is 12.4. The standard InChI is InChI=1S/C13H17NO.C2H6.CHN.2HI/c1-5-13-14(6-2)11-7-9(3)10(4)8-12(11)15-13;2*1-2;;/h5,7-8H,6H2,1-4H3;1-2H3;1H;2*1H. The van der Waals surface area contributed by atoms with E-state index in [9.17, 15) is 0 Å². The van der Waals surface area contributed by atoms with Crippen molar-refractivity contribution in [2.24, 2.45) is 0 Å². The Morgan fingerprint density at radius 1 is 1.14 bits per heavy atom. The molecule has 1 aliphatic rings. The van der Waals surface area contributed by atoms with E-state index in [0.717, 1.165) is 18.2 Å². The van der Waals surface area contributed by atoms with Crippen molar-refractivity contribution in [3.63, 3.8) is 0 Å². The molecule has 0 N–H and O–H groups in total. The lowest BCUT2D eigenvalue weighted by Crippen LogP contribution is -2.18. The van der Waals surface area contributed by atoms with Gasteiger partial charge in [0.25, 0.3) is 0 Å². The summed E-state index contributed by atoms with van der Waals surface area (Å²) in [6, 6.07) is 4.31. The molecule has 1 aromatic carbocycles. The fourth-order valence-electron chi connectivity index (χ4n) is 1.89. The second-order valence-corrected chi connectivity index (χ2v) is 3.88. The van der Waals surface area contributed by atoms with Crippen LogP contribution in [0.5, 0.6) is 5.75 Å². The Bertz CT molecular complexity index is 471. The van der Waals surface area contributed by atoms with Gasteiger partial charge in [-0.15, -0.1) is 48.0 Å². The summed E-state index contributed by atoms with van der Waals surface area (Å²) in [7, 11) is 0. The van der Waals surface area contributed by atoms with E-state index in [1.807, 2.05) is 26.8 Å². The minimum Gasteiger partial charge on any atom is -0.439 e. The number of nitriles is 1. The first kappa shape index (κ1) is 25.5. The smallest absolute Gasteiger partial charge is 0.196 e. The highest BCUT2D eigenvalue weighted by molar-refractivity contribution is 14.0. The molecule has 1 heterocycles. The lowest BCUT2D eigenvalue weighted by Gasteiger charge is -2.15. The Kier molecular flexibility index (Phi) is 16.0. The third-order valence-corrected chi connectivity index (χ3v) is 2.91. The van der Waals surface area contributed by atoms with E-state index in [2.05, 4.69) is 44.4 Å². The number of aryl methyl sites for hydroxylation is 2. The first-order chi connectivity index (χ1) is 9.17. The molecule has 3 nitrogen and oxygen atoms in total. The van der Waals surface area contributed by atoms with Gasteiger partial charge in [0.2, 0.25) is 0 Å². The van der Waals surface area contributed by atoms with Crippen LogP contribution >= 0.6 is 48.0 Å². The van der Waals surface area contributed by atoms with Gasteiger partial charge in [0.05, 0.1) is 5.69 Å². The van der Waals surface area contributed by atoms with Gasteiger partial charge < -0.3 is 9.64 Å². The molecule has 0 amide bonds. The number of hydrogen-bond acceptors (Lipinski definition) is 3. The molecule has 0 fully saturated rings. The molecular weight excluding hydrogens is 490 g/mol. The summed E-state index contributed by atoms with van der Waals surface area (Å²) in [5.74, 6) is 1.92. The maximum atomic E-state index is 6.50. The van der Waals surface area contributed by atoms with Crippen molar-refractivity contribution in [2.75, 3.05) is 11.4 Å². The number of hydrogen-bond donors (Lipinski definition) is 0. The number of rotatable bonds is 1. The lowest BCUT2D eigenvalue weighted by molar-refractivity contribution is 0.438. The van der Waals surface area contributed by atoms with Crippen molar-refractivity contribution >= 4 is 53.6 Å². The molecule has 0 aliphatic carbocycles. The highest BCUT2D eigenvalue weighted by Gasteiger charge is 2.24. The Hall–Kier alpha value is -0.490. The maximum absolute atomic E-state index is 6.50. The highest BCUT2D eigenvalue weighted by Crippen LogP contribution is 2.40. The van der Waals surface area contributed by atoms with Gasteiger partial charge in [-0.25, -0.2) is 5.26 Å². The van der Waals surface area contributed by atoms with Crippen molar-refractivity contribution < 1.29 is 4.74 Å². The van der Waals surface area contributed by atoms with Crippen molar-refractivity contribution in [2.45, 2.75) is 41.5 Å². The van der Waals surface area contributed by atoms with E-state index in [1.165, 1.54) is 16.8 Å². The summed E-state index contributed by atoms with van der Waals surface area (Å²) in [6.45, 7) is 16.8. The number of ether oxygens (including phenoxy) is 1. The van der Waals surface area contributed by atoms with Crippen LogP contribution in [-0.4, -0.2) is 6.54 Å². The molecule has 2 rings (SSSR count). The van der Waals surface area contributed by atoms with E-state index in [0.29, 0.717) is 0 Å². The van der Waals surface area contributed by atoms with Gasteiger partial charge in [0.15, 0.2) is 11.6 Å². The van der Waals surface area contributed by atoms with Crippen LogP contribution in [0, 0.1) is 25.7 Å². The van der Waals surface area contributed by atoms with Crippen molar-refractivity contribution in [3.05, 3.63) is 35.2 Å². The number of fused-ring (bicyclic) bond motifs is 1. The minimum absolute atomic E-state index is 0. The summed E-state index contributed by atoms with van der Waals surface area (Å²) in [6.07, 6.45) is 2.01. The highest BCUT2D eigenvalue weighted by atomic mass is 127. The number of nitrogens with zero attached hydrogens (tertiary/aromatic N) is 2. The molecule has 0 saturated carbocycles. The number of benzene rings is 1. The van der Waals surface area contributed by atoms with Gasteiger partial charge in [-0.2, -0.15) is 0 Å². The summed E-state index contributed by atoms with van der Waals surface area (Å²) < 4.78 is 5.78. The summed E-state index contributed by atoms with van der Waals surface area (Å²) >= 11 is 0. The lowest BCUT2D eigenvalue weighted by atomic mass is 10.1. The molecule has 0 atom stereocenters. The second kappa shape index (κ2) is 13.2. The van der Waals surface area contributed by atoms with E-state index >= 15 is 0 Å². The zero-order chi connectivity index (χ0) is 15.0. The monoisotopic (exact) mass is 516 g/mol. The van der Waals surface area contributed by atoms with Gasteiger partial charge in [-0.3, -0.25) is 0 Å². The molecule has 5 heteroatoms. The molecule has 1 aromatic rings. The van der Waals surface area contributed by atoms with E-state index in [-0.39, 0.29) is 48.0 Å². The SMILES string of the molecule is C#N.CC.CC=C1Oc2cc(C)c(C)cc2N1CC.I.I. The zero-order valence-corrected chi connectivity index (χ0v) is 18.3. The molecule has 0 bridgehead atoms. The number of anilines is 1. The molecule has 0 radical (unpaired) electrons. The maximum Gasteiger partial charge on any atom is 0.196 e. The topological polar surface area (TPSA) is 36.3 Å². The Labute approximate surface area is 163 Å². The van der Waals surface area contributed by atoms with Gasteiger partial charge >= 0.3 is 0 Å². The fourth-order valence-corrected chi connectivity index (χ4v) is 1.89. The number of halogens is 2. The van der Waals surface area contributed by atoms with Crippen LogP contribution in [0.4, 0.5) is 5.69 Å². The van der Waals surface area contributed by atoms with Crippen LogP contribution in [0.3, 0.4) is 0 Å². The Balaban J connectivity index is -0.000000499. The van der Waals surface area contributed by atoms with Crippen molar-refractivity contribution in [1.82, 2.24) is 0 Å². The first-order valence-electron chi connectivity index (χ1n) is 6.66. The summed E-state index contributed by atoms with van der Waals surface area (Å²) in [5.41, 5.74) is 3.78. The molecule has 0 aromatic heterocycles. The van der Waals surface area contributed by atoms with Crippen LogP contribution in [0.15, 0.2) is 24.1 Å². The fraction of sp³-hybridized carbons (Fsp3) is 0.438. The van der Waals surface area contributed by atoms with Gasteiger partial charge in [-0.05, 0) is 57.0 Å². The van der Waals surface area contributed by atoms with E-state index < -0.39 is 0 Å². The second-order valence-electron chi connectivity index (χ2n) is 3.88. The third-order valence-electron chi connectivity index (χ3n) is 2.91. The Morgan fingerprint density at radius 3 is 2.05 bits per heavy atom.